The van der Waals surface area contributed by atoms with Gasteiger partial charge in [0.1, 0.15) is 0 Å². The number of aryl methyl sites for hydroxylation is 1. The van der Waals surface area contributed by atoms with Crippen LogP contribution in [0.25, 0.3) is 5.69 Å². The summed E-state index contributed by atoms with van der Waals surface area (Å²) in [5.41, 5.74) is 1.35. The molecule has 0 radical (unpaired) electrons. The van der Waals surface area contributed by atoms with Gasteiger partial charge in [0.15, 0.2) is 11.6 Å². The minimum atomic E-state index is -0.866. The number of aromatic nitrogens is 2. The van der Waals surface area contributed by atoms with Crippen LogP contribution in [0.5, 0.6) is 0 Å². The summed E-state index contributed by atoms with van der Waals surface area (Å²) < 4.78 is 27.9. The predicted octanol–water partition coefficient (Wildman–Crippen LogP) is 3.28. The molecule has 0 aliphatic heterocycles. The fourth-order valence-electron chi connectivity index (χ4n) is 1.69. The number of halogens is 2. The van der Waals surface area contributed by atoms with Gasteiger partial charge < -0.3 is 5.32 Å². The topological polar surface area (TPSA) is 29.9 Å². The molecule has 1 aromatic carbocycles. The standard InChI is InChI=1S/C13H15F2N3/c1-8(2)16-13-17-9(3)7-18(13)10-4-5-11(14)12(15)6-10/h4-8H,1-3H3,(H,16,17). The van der Waals surface area contributed by atoms with E-state index in [1.165, 1.54) is 6.07 Å². The second-order valence-electron chi connectivity index (χ2n) is 4.47. The van der Waals surface area contributed by atoms with Gasteiger partial charge in [0.25, 0.3) is 0 Å². The molecular weight excluding hydrogens is 236 g/mol. The highest BCUT2D eigenvalue weighted by Crippen LogP contribution is 2.19. The molecule has 0 atom stereocenters. The zero-order valence-corrected chi connectivity index (χ0v) is 10.5. The fourth-order valence-corrected chi connectivity index (χ4v) is 1.69. The predicted molar refractivity (Wildman–Crippen MR) is 67.0 cm³/mol. The zero-order chi connectivity index (χ0) is 13.3. The van der Waals surface area contributed by atoms with Gasteiger partial charge in [0, 0.05) is 18.3 Å². The normalized spacial score (nSPS) is 11.0. The maximum atomic E-state index is 13.2. The summed E-state index contributed by atoms with van der Waals surface area (Å²) in [5.74, 6) is -1.10. The monoisotopic (exact) mass is 251 g/mol. The molecule has 18 heavy (non-hydrogen) atoms. The smallest absolute Gasteiger partial charge is 0.207 e. The van der Waals surface area contributed by atoms with Crippen molar-refractivity contribution in [1.82, 2.24) is 9.55 Å². The Morgan fingerprint density at radius 2 is 1.94 bits per heavy atom. The van der Waals surface area contributed by atoms with Crippen molar-refractivity contribution >= 4 is 5.95 Å². The molecule has 2 rings (SSSR count). The molecule has 3 nitrogen and oxygen atoms in total. The van der Waals surface area contributed by atoms with E-state index in [4.69, 9.17) is 0 Å². The molecule has 1 N–H and O–H groups in total. The second kappa shape index (κ2) is 4.76. The van der Waals surface area contributed by atoms with Gasteiger partial charge in [-0.25, -0.2) is 13.8 Å². The Balaban J connectivity index is 2.45. The Bertz CT molecular complexity index is 561. The summed E-state index contributed by atoms with van der Waals surface area (Å²) in [6, 6.07) is 3.99. The molecule has 0 saturated heterocycles. The van der Waals surface area contributed by atoms with E-state index >= 15 is 0 Å². The molecule has 2 aromatic rings. The molecule has 0 amide bonds. The molecule has 0 aliphatic carbocycles. The summed E-state index contributed by atoms with van der Waals surface area (Å²) in [6.07, 6.45) is 1.78. The average molecular weight is 251 g/mol. The van der Waals surface area contributed by atoms with Crippen molar-refractivity contribution in [2.45, 2.75) is 26.8 Å². The van der Waals surface area contributed by atoms with E-state index in [1.807, 2.05) is 20.8 Å². The molecule has 0 bridgehead atoms. The highest BCUT2D eigenvalue weighted by Gasteiger charge is 2.10. The SMILES string of the molecule is Cc1cn(-c2ccc(F)c(F)c2)c(NC(C)C)n1. The average Bonchev–Trinajstić information content (AvgIpc) is 2.62. The third-order valence-corrected chi connectivity index (χ3v) is 2.43. The highest BCUT2D eigenvalue weighted by molar-refractivity contribution is 5.43. The highest BCUT2D eigenvalue weighted by atomic mass is 19.2. The van der Waals surface area contributed by atoms with Crippen molar-refractivity contribution in [1.29, 1.82) is 0 Å². The van der Waals surface area contributed by atoms with Crippen molar-refractivity contribution in [3.05, 3.63) is 41.7 Å². The van der Waals surface area contributed by atoms with Crippen molar-refractivity contribution in [3.8, 4) is 5.69 Å². The lowest BCUT2D eigenvalue weighted by Crippen LogP contribution is -2.14. The van der Waals surface area contributed by atoms with Crippen LogP contribution in [-0.4, -0.2) is 15.6 Å². The molecule has 5 heteroatoms. The van der Waals surface area contributed by atoms with Crippen LogP contribution in [0.1, 0.15) is 19.5 Å². The van der Waals surface area contributed by atoms with E-state index in [0.717, 1.165) is 17.8 Å². The summed E-state index contributed by atoms with van der Waals surface area (Å²) in [6.45, 7) is 5.82. The van der Waals surface area contributed by atoms with E-state index in [9.17, 15) is 8.78 Å². The largest absolute Gasteiger partial charge is 0.353 e. The number of nitrogens with one attached hydrogen (secondary N) is 1. The van der Waals surface area contributed by atoms with Gasteiger partial charge in [-0.1, -0.05) is 0 Å². The van der Waals surface area contributed by atoms with Gasteiger partial charge in [0.2, 0.25) is 5.95 Å². The lowest BCUT2D eigenvalue weighted by molar-refractivity contribution is 0.508. The van der Waals surface area contributed by atoms with Crippen LogP contribution in [0.15, 0.2) is 24.4 Å². The third-order valence-electron chi connectivity index (χ3n) is 2.43. The first-order valence-electron chi connectivity index (χ1n) is 5.75. The lowest BCUT2D eigenvalue weighted by atomic mass is 10.3. The zero-order valence-electron chi connectivity index (χ0n) is 10.5. The number of nitrogens with zero attached hydrogens (tertiary/aromatic N) is 2. The lowest BCUT2D eigenvalue weighted by Gasteiger charge is -2.12. The van der Waals surface area contributed by atoms with Crippen molar-refractivity contribution in [3.63, 3.8) is 0 Å². The minimum absolute atomic E-state index is 0.204. The first kappa shape index (κ1) is 12.5. The first-order chi connectivity index (χ1) is 8.47. The van der Waals surface area contributed by atoms with Crippen LogP contribution in [0.2, 0.25) is 0 Å². The number of benzene rings is 1. The summed E-state index contributed by atoms with van der Waals surface area (Å²) in [5, 5.41) is 3.16. The van der Waals surface area contributed by atoms with Crippen LogP contribution in [-0.2, 0) is 0 Å². The minimum Gasteiger partial charge on any atom is -0.353 e. The second-order valence-corrected chi connectivity index (χ2v) is 4.47. The summed E-state index contributed by atoms with van der Waals surface area (Å²) in [7, 11) is 0. The van der Waals surface area contributed by atoms with Gasteiger partial charge in [0.05, 0.1) is 11.4 Å². The number of anilines is 1. The van der Waals surface area contributed by atoms with Crippen LogP contribution in [0.4, 0.5) is 14.7 Å². The molecule has 0 fully saturated rings. The van der Waals surface area contributed by atoms with E-state index in [1.54, 1.807) is 10.8 Å². The maximum absolute atomic E-state index is 13.2. The molecule has 0 spiro atoms. The first-order valence-corrected chi connectivity index (χ1v) is 5.75. The Morgan fingerprint density at radius 1 is 1.22 bits per heavy atom. The van der Waals surface area contributed by atoms with E-state index < -0.39 is 11.6 Å². The van der Waals surface area contributed by atoms with Crippen molar-refractivity contribution in [2.24, 2.45) is 0 Å². The van der Waals surface area contributed by atoms with Crippen LogP contribution in [0.3, 0.4) is 0 Å². The molecule has 0 aliphatic rings. The van der Waals surface area contributed by atoms with Crippen LogP contribution >= 0.6 is 0 Å². The molecular formula is C13H15F2N3. The van der Waals surface area contributed by atoms with E-state index in [2.05, 4.69) is 10.3 Å². The number of imidazole rings is 1. The molecule has 1 aromatic heterocycles. The van der Waals surface area contributed by atoms with E-state index in [-0.39, 0.29) is 6.04 Å². The molecule has 0 unspecified atom stereocenters. The van der Waals surface area contributed by atoms with Crippen molar-refractivity contribution < 1.29 is 8.78 Å². The van der Waals surface area contributed by atoms with Crippen LogP contribution < -0.4 is 5.32 Å². The van der Waals surface area contributed by atoms with Crippen molar-refractivity contribution in [2.75, 3.05) is 5.32 Å². The quantitative estimate of drug-likeness (QED) is 0.907. The van der Waals surface area contributed by atoms with Crippen LogP contribution in [0, 0.1) is 18.6 Å². The van der Waals surface area contributed by atoms with Gasteiger partial charge in [-0.05, 0) is 32.9 Å². The Morgan fingerprint density at radius 3 is 2.56 bits per heavy atom. The van der Waals surface area contributed by atoms with Gasteiger partial charge in [-0.3, -0.25) is 4.57 Å². The summed E-state index contributed by atoms with van der Waals surface area (Å²) in [4.78, 5) is 4.31. The maximum Gasteiger partial charge on any atom is 0.207 e. The summed E-state index contributed by atoms with van der Waals surface area (Å²) >= 11 is 0. The Labute approximate surface area is 104 Å². The van der Waals surface area contributed by atoms with Gasteiger partial charge in [-0.15, -0.1) is 0 Å². The number of hydrogen-bond donors (Lipinski definition) is 1. The molecule has 1 heterocycles. The Kier molecular flexibility index (Phi) is 3.32. The van der Waals surface area contributed by atoms with Gasteiger partial charge >= 0.3 is 0 Å². The molecule has 0 saturated carbocycles. The van der Waals surface area contributed by atoms with Gasteiger partial charge in [-0.2, -0.15) is 0 Å². The number of rotatable bonds is 3. The fraction of sp³-hybridized carbons (Fsp3) is 0.308. The number of hydrogen-bond acceptors (Lipinski definition) is 2. The third kappa shape index (κ3) is 2.50. The van der Waals surface area contributed by atoms with E-state index in [0.29, 0.717) is 11.6 Å². The Hall–Kier alpha value is -1.91. The molecule has 96 valence electrons.